The Morgan fingerprint density at radius 3 is 2.76 bits per heavy atom. The lowest BCUT2D eigenvalue weighted by Crippen LogP contribution is -2.41. The van der Waals surface area contributed by atoms with Crippen molar-refractivity contribution < 1.29 is 9.90 Å². The number of aromatic amines is 1. The van der Waals surface area contributed by atoms with Gasteiger partial charge in [0.1, 0.15) is 5.56 Å². The summed E-state index contributed by atoms with van der Waals surface area (Å²) in [5.41, 5.74) is -0.312. The Morgan fingerprint density at radius 1 is 1.53 bits per heavy atom. The molecule has 0 radical (unpaired) electrons. The van der Waals surface area contributed by atoms with Crippen LogP contribution in [0.5, 0.6) is 0 Å². The van der Waals surface area contributed by atoms with Crippen molar-refractivity contribution in [2.45, 2.75) is 26.3 Å². The fourth-order valence-corrected chi connectivity index (χ4v) is 1.56. The van der Waals surface area contributed by atoms with E-state index in [2.05, 4.69) is 10.3 Å². The molecule has 3 N–H and O–H groups in total. The van der Waals surface area contributed by atoms with Gasteiger partial charge in [-0.05, 0) is 24.5 Å². The van der Waals surface area contributed by atoms with Crippen molar-refractivity contribution in [1.29, 1.82) is 0 Å². The van der Waals surface area contributed by atoms with Crippen molar-refractivity contribution >= 4 is 5.91 Å². The molecule has 0 aromatic carbocycles. The summed E-state index contributed by atoms with van der Waals surface area (Å²) in [5.74, 6) is -0.201. The van der Waals surface area contributed by atoms with Crippen LogP contribution in [0.25, 0.3) is 0 Å². The lowest BCUT2D eigenvalue weighted by Gasteiger charge is -2.21. The standard InChI is InChI=1S/C12H18N2O3/c1-8(2)10(5-7-15)14-12(17)9-4-3-6-13-11(9)16/h3-4,6,8,10,15H,5,7H2,1-2H3,(H,13,16)(H,14,17). The van der Waals surface area contributed by atoms with Gasteiger partial charge in [0.15, 0.2) is 0 Å². The number of aromatic nitrogens is 1. The third-order valence-corrected chi connectivity index (χ3v) is 2.62. The summed E-state index contributed by atoms with van der Waals surface area (Å²) < 4.78 is 0. The van der Waals surface area contributed by atoms with E-state index < -0.39 is 11.5 Å². The molecule has 0 spiro atoms. The van der Waals surface area contributed by atoms with Crippen molar-refractivity contribution in [3.63, 3.8) is 0 Å². The second-order valence-electron chi connectivity index (χ2n) is 4.25. The minimum absolute atomic E-state index is 0.00821. The van der Waals surface area contributed by atoms with Crippen LogP contribution in [0.1, 0.15) is 30.6 Å². The van der Waals surface area contributed by atoms with Crippen molar-refractivity contribution in [3.05, 3.63) is 34.2 Å². The molecule has 5 nitrogen and oxygen atoms in total. The number of rotatable bonds is 5. The van der Waals surface area contributed by atoms with Crippen LogP contribution in [0.15, 0.2) is 23.1 Å². The minimum Gasteiger partial charge on any atom is -0.396 e. The largest absolute Gasteiger partial charge is 0.396 e. The highest BCUT2D eigenvalue weighted by atomic mass is 16.3. The fourth-order valence-electron chi connectivity index (χ4n) is 1.56. The zero-order valence-corrected chi connectivity index (χ0v) is 10.1. The van der Waals surface area contributed by atoms with Crippen LogP contribution in [-0.4, -0.2) is 28.6 Å². The lowest BCUT2D eigenvalue weighted by atomic mass is 10.0. The monoisotopic (exact) mass is 238 g/mol. The van der Waals surface area contributed by atoms with E-state index in [1.807, 2.05) is 13.8 Å². The zero-order valence-electron chi connectivity index (χ0n) is 10.1. The van der Waals surface area contributed by atoms with Gasteiger partial charge in [0.2, 0.25) is 0 Å². The van der Waals surface area contributed by atoms with E-state index in [1.54, 1.807) is 6.07 Å². The third-order valence-electron chi connectivity index (χ3n) is 2.62. The molecule has 1 unspecified atom stereocenters. The van der Waals surface area contributed by atoms with Crippen LogP contribution in [0.4, 0.5) is 0 Å². The molecule has 1 aromatic rings. The van der Waals surface area contributed by atoms with Crippen molar-refractivity contribution in [1.82, 2.24) is 10.3 Å². The predicted octanol–water partition coefficient (Wildman–Crippen LogP) is 0.512. The number of pyridine rings is 1. The summed E-state index contributed by atoms with van der Waals surface area (Å²) >= 11 is 0. The Bertz CT molecular complexity index is 426. The molecule has 0 aliphatic rings. The molecule has 17 heavy (non-hydrogen) atoms. The Morgan fingerprint density at radius 2 is 2.24 bits per heavy atom. The summed E-state index contributed by atoms with van der Waals surface area (Å²) in [6.07, 6.45) is 1.96. The first-order valence-electron chi connectivity index (χ1n) is 5.65. The maximum absolute atomic E-state index is 11.8. The topological polar surface area (TPSA) is 82.2 Å². The van der Waals surface area contributed by atoms with E-state index in [4.69, 9.17) is 5.11 Å². The Hall–Kier alpha value is -1.62. The Balaban J connectivity index is 2.78. The van der Waals surface area contributed by atoms with E-state index in [-0.39, 0.29) is 24.1 Å². The second-order valence-corrected chi connectivity index (χ2v) is 4.25. The molecule has 5 heteroatoms. The van der Waals surface area contributed by atoms with E-state index in [0.29, 0.717) is 6.42 Å². The Labute approximate surface area is 99.9 Å². The van der Waals surface area contributed by atoms with Gasteiger partial charge in [0.25, 0.3) is 11.5 Å². The number of hydrogen-bond donors (Lipinski definition) is 3. The van der Waals surface area contributed by atoms with Crippen molar-refractivity contribution in [2.75, 3.05) is 6.61 Å². The molecule has 1 aromatic heterocycles. The SMILES string of the molecule is CC(C)C(CCO)NC(=O)c1ccc[nH]c1=O. The van der Waals surface area contributed by atoms with E-state index >= 15 is 0 Å². The Kier molecular flexibility index (Phi) is 4.90. The van der Waals surface area contributed by atoms with Crippen LogP contribution in [-0.2, 0) is 0 Å². The molecular formula is C12H18N2O3. The molecule has 0 saturated heterocycles. The molecule has 0 saturated carbocycles. The van der Waals surface area contributed by atoms with Crippen molar-refractivity contribution in [3.8, 4) is 0 Å². The van der Waals surface area contributed by atoms with Gasteiger partial charge in [-0.1, -0.05) is 13.8 Å². The number of carbonyl (C=O) groups excluding carboxylic acids is 1. The third kappa shape index (κ3) is 3.71. The van der Waals surface area contributed by atoms with E-state index in [0.717, 1.165) is 0 Å². The quantitative estimate of drug-likeness (QED) is 0.699. The second kappa shape index (κ2) is 6.20. The molecule has 1 rings (SSSR count). The van der Waals surface area contributed by atoms with Crippen LogP contribution >= 0.6 is 0 Å². The van der Waals surface area contributed by atoms with Gasteiger partial charge < -0.3 is 15.4 Å². The lowest BCUT2D eigenvalue weighted by molar-refractivity contribution is 0.0915. The maximum atomic E-state index is 11.8. The number of H-pyrrole nitrogens is 1. The number of amides is 1. The molecule has 0 bridgehead atoms. The zero-order chi connectivity index (χ0) is 12.8. The van der Waals surface area contributed by atoms with Gasteiger partial charge in [-0.15, -0.1) is 0 Å². The average molecular weight is 238 g/mol. The number of carbonyl (C=O) groups is 1. The minimum atomic E-state index is -0.406. The summed E-state index contributed by atoms with van der Waals surface area (Å²) in [6.45, 7) is 3.92. The molecule has 0 aliphatic carbocycles. The summed E-state index contributed by atoms with van der Waals surface area (Å²) in [5, 5.41) is 11.7. The van der Waals surface area contributed by atoms with Crippen LogP contribution < -0.4 is 10.9 Å². The van der Waals surface area contributed by atoms with Gasteiger partial charge in [-0.2, -0.15) is 0 Å². The number of hydrogen-bond acceptors (Lipinski definition) is 3. The van der Waals surface area contributed by atoms with Crippen LogP contribution in [0.2, 0.25) is 0 Å². The number of aliphatic hydroxyl groups excluding tert-OH is 1. The molecule has 94 valence electrons. The van der Waals surface area contributed by atoms with Gasteiger partial charge in [0.05, 0.1) is 0 Å². The first-order chi connectivity index (χ1) is 8.06. The van der Waals surface area contributed by atoms with E-state index in [1.165, 1.54) is 12.3 Å². The molecule has 0 fully saturated rings. The van der Waals surface area contributed by atoms with E-state index in [9.17, 15) is 9.59 Å². The molecule has 0 aliphatic heterocycles. The smallest absolute Gasteiger partial charge is 0.260 e. The van der Waals surface area contributed by atoms with Gasteiger partial charge in [-0.25, -0.2) is 0 Å². The average Bonchev–Trinajstić information content (AvgIpc) is 2.28. The first-order valence-corrected chi connectivity index (χ1v) is 5.65. The summed E-state index contributed by atoms with van der Waals surface area (Å²) in [6, 6.07) is 2.95. The highest BCUT2D eigenvalue weighted by Crippen LogP contribution is 2.06. The summed E-state index contributed by atoms with van der Waals surface area (Å²) in [7, 11) is 0. The van der Waals surface area contributed by atoms with Crippen molar-refractivity contribution in [2.24, 2.45) is 5.92 Å². The molecular weight excluding hydrogens is 220 g/mol. The fraction of sp³-hybridized carbons (Fsp3) is 0.500. The molecule has 1 atom stereocenters. The van der Waals surface area contributed by atoms with Gasteiger partial charge >= 0.3 is 0 Å². The molecule has 1 amide bonds. The summed E-state index contributed by atoms with van der Waals surface area (Å²) in [4.78, 5) is 25.7. The highest BCUT2D eigenvalue weighted by Gasteiger charge is 2.18. The van der Waals surface area contributed by atoms with Gasteiger partial charge in [-0.3, -0.25) is 9.59 Å². The van der Waals surface area contributed by atoms with Gasteiger partial charge in [0, 0.05) is 18.8 Å². The maximum Gasteiger partial charge on any atom is 0.260 e. The number of aliphatic hydroxyl groups is 1. The van der Waals surface area contributed by atoms with Crippen LogP contribution in [0.3, 0.4) is 0 Å². The van der Waals surface area contributed by atoms with Crippen LogP contribution in [0, 0.1) is 5.92 Å². The number of nitrogens with one attached hydrogen (secondary N) is 2. The first kappa shape index (κ1) is 13.4. The highest BCUT2D eigenvalue weighted by molar-refractivity contribution is 5.93. The normalized spacial score (nSPS) is 12.5. The molecule has 1 heterocycles. The predicted molar refractivity (Wildman–Crippen MR) is 64.9 cm³/mol.